The molecule has 5 heteroatoms. The minimum Gasteiger partial charge on any atom is -0.497 e. The maximum atomic E-state index is 5.34. The minimum atomic E-state index is 0.669. The maximum Gasteiger partial charge on any atom is 0.226 e. The molecule has 23 heavy (non-hydrogen) atoms. The Kier molecular flexibility index (Phi) is 3.81. The summed E-state index contributed by atoms with van der Waals surface area (Å²) < 4.78 is 5.34. The lowest BCUT2D eigenvalue weighted by Crippen LogP contribution is -2.55. The van der Waals surface area contributed by atoms with Crippen LogP contribution >= 0.6 is 0 Å². The molecular weight excluding hydrogens is 288 g/mol. The first-order valence-electron chi connectivity index (χ1n) is 8.56. The summed E-state index contributed by atoms with van der Waals surface area (Å²) in [4.78, 5) is 14.6. The monoisotopic (exact) mass is 312 g/mol. The van der Waals surface area contributed by atoms with E-state index in [0.717, 1.165) is 47.9 Å². The highest BCUT2D eigenvalue weighted by atomic mass is 16.5. The molecule has 122 valence electrons. The number of methoxy groups -OCH3 is 1. The number of hydrogen-bond donors (Lipinski definition) is 0. The lowest BCUT2D eigenvalue weighted by atomic mass is 10.00. The summed E-state index contributed by atoms with van der Waals surface area (Å²) in [6.45, 7) is 6.52. The van der Waals surface area contributed by atoms with Gasteiger partial charge in [-0.15, -0.1) is 0 Å². The van der Waals surface area contributed by atoms with Crippen LogP contribution in [0.5, 0.6) is 5.75 Å². The molecule has 1 atom stereocenters. The average Bonchev–Trinajstić information content (AvgIpc) is 2.60. The van der Waals surface area contributed by atoms with Gasteiger partial charge in [0, 0.05) is 37.1 Å². The average molecular weight is 312 g/mol. The van der Waals surface area contributed by atoms with E-state index < -0.39 is 0 Å². The molecule has 2 fully saturated rings. The van der Waals surface area contributed by atoms with Crippen LogP contribution in [0.4, 0.5) is 5.95 Å². The van der Waals surface area contributed by atoms with Crippen molar-refractivity contribution in [3.05, 3.63) is 23.9 Å². The van der Waals surface area contributed by atoms with Gasteiger partial charge in [0.2, 0.25) is 5.95 Å². The Bertz CT molecular complexity index is 717. The number of piperidine rings is 1. The Morgan fingerprint density at radius 2 is 2.04 bits per heavy atom. The molecule has 0 N–H and O–H groups in total. The molecule has 1 aromatic heterocycles. The summed E-state index contributed by atoms with van der Waals surface area (Å²) in [6, 6.07) is 6.69. The van der Waals surface area contributed by atoms with Crippen LogP contribution in [0, 0.1) is 6.92 Å². The molecule has 0 amide bonds. The molecule has 0 spiro atoms. The number of piperazine rings is 1. The first-order chi connectivity index (χ1) is 11.2. The highest BCUT2D eigenvalue weighted by Gasteiger charge is 2.30. The van der Waals surface area contributed by atoms with Crippen molar-refractivity contribution in [2.24, 2.45) is 0 Å². The van der Waals surface area contributed by atoms with Gasteiger partial charge in [0.1, 0.15) is 5.75 Å². The minimum absolute atomic E-state index is 0.669. The molecule has 1 unspecified atom stereocenters. The Balaban J connectivity index is 1.65. The van der Waals surface area contributed by atoms with E-state index in [1.54, 1.807) is 7.11 Å². The first kappa shape index (κ1) is 14.7. The summed E-state index contributed by atoms with van der Waals surface area (Å²) in [6.07, 6.45) is 4.00. The molecule has 4 rings (SSSR count). The van der Waals surface area contributed by atoms with E-state index in [9.17, 15) is 0 Å². The van der Waals surface area contributed by atoms with Gasteiger partial charge in [0.05, 0.1) is 18.3 Å². The summed E-state index contributed by atoms with van der Waals surface area (Å²) in [7, 11) is 1.69. The van der Waals surface area contributed by atoms with Crippen molar-refractivity contribution in [3.8, 4) is 5.75 Å². The van der Waals surface area contributed by atoms with E-state index >= 15 is 0 Å². The van der Waals surface area contributed by atoms with Gasteiger partial charge in [0.15, 0.2) is 0 Å². The lowest BCUT2D eigenvalue weighted by Gasteiger charge is -2.44. The highest BCUT2D eigenvalue weighted by molar-refractivity contribution is 5.83. The molecule has 0 saturated carbocycles. The number of rotatable bonds is 2. The van der Waals surface area contributed by atoms with Crippen LogP contribution in [0.2, 0.25) is 0 Å². The van der Waals surface area contributed by atoms with Crippen LogP contribution in [-0.4, -0.2) is 54.2 Å². The van der Waals surface area contributed by atoms with Crippen molar-refractivity contribution in [3.63, 3.8) is 0 Å². The molecular formula is C18H24N4O. The predicted octanol–water partition coefficient (Wildman–Crippen LogP) is 2.62. The Hall–Kier alpha value is -1.88. The number of anilines is 1. The van der Waals surface area contributed by atoms with E-state index in [1.807, 2.05) is 18.2 Å². The van der Waals surface area contributed by atoms with Gasteiger partial charge in [-0.2, -0.15) is 0 Å². The van der Waals surface area contributed by atoms with Crippen molar-refractivity contribution in [1.82, 2.24) is 14.9 Å². The van der Waals surface area contributed by atoms with Gasteiger partial charge in [0.25, 0.3) is 0 Å². The van der Waals surface area contributed by atoms with Crippen LogP contribution in [-0.2, 0) is 0 Å². The Labute approximate surface area is 137 Å². The van der Waals surface area contributed by atoms with Crippen LogP contribution in [0.3, 0.4) is 0 Å². The van der Waals surface area contributed by atoms with Crippen LogP contribution in [0.25, 0.3) is 10.9 Å². The standard InChI is InChI=1S/C18H24N4O/c1-13-16-7-6-15(23-2)11-17(16)20-18(19-13)22-10-9-21-8-4-3-5-14(21)12-22/h6-7,11,14H,3-5,8-10,12H2,1-2H3. The summed E-state index contributed by atoms with van der Waals surface area (Å²) >= 11 is 0. The molecule has 2 aliphatic rings. The lowest BCUT2D eigenvalue weighted by molar-refractivity contribution is 0.133. The van der Waals surface area contributed by atoms with E-state index in [0.29, 0.717) is 6.04 Å². The summed E-state index contributed by atoms with van der Waals surface area (Å²) in [5, 5.41) is 1.10. The van der Waals surface area contributed by atoms with Crippen molar-refractivity contribution in [2.75, 3.05) is 38.2 Å². The number of hydrogen-bond acceptors (Lipinski definition) is 5. The van der Waals surface area contributed by atoms with Crippen molar-refractivity contribution < 1.29 is 4.74 Å². The zero-order valence-corrected chi connectivity index (χ0v) is 14.0. The normalized spacial score (nSPS) is 22.2. The number of aromatic nitrogens is 2. The largest absolute Gasteiger partial charge is 0.497 e. The molecule has 1 aromatic carbocycles. The first-order valence-corrected chi connectivity index (χ1v) is 8.56. The Morgan fingerprint density at radius 3 is 2.91 bits per heavy atom. The molecule has 0 bridgehead atoms. The topological polar surface area (TPSA) is 41.5 Å². The predicted molar refractivity (Wildman–Crippen MR) is 92.3 cm³/mol. The van der Waals surface area contributed by atoms with Gasteiger partial charge in [-0.1, -0.05) is 6.42 Å². The smallest absolute Gasteiger partial charge is 0.226 e. The third-order valence-electron chi connectivity index (χ3n) is 5.20. The fourth-order valence-electron chi connectivity index (χ4n) is 3.86. The molecule has 2 aliphatic heterocycles. The van der Waals surface area contributed by atoms with Gasteiger partial charge in [-0.3, -0.25) is 4.90 Å². The van der Waals surface area contributed by atoms with E-state index in [1.165, 1.54) is 25.8 Å². The number of benzene rings is 1. The van der Waals surface area contributed by atoms with Crippen LogP contribution in [0.1, 0.15) is 25.0 Å². The van der Waals surface area contributed by atoms with E-state index in [-0.39, 0.29) is 0 Å². The molecule has 2 aromatic rings. The maximum absolute atomic E-state index is 5.34. The molecule has 0 aliphatic carbocycles. The zero-order valence-electron chi connectivity index (χ0n) is 14.0. The molecule has 5 nitrogen and oxygen atoms in total. The third-order valence-corrected chi connectivity index (χ3v) is 5.20. The van der Waals surface area contributed by atoms with Crippen LogP contribution < -0.4 is 9.64 Å². The highest BCUT2D eigenvalue weighted by Crippen LogP contribution is 2.26. The Morgan fingerprint density at radius 1 is 1.13 bits per heavy atom. The van der Waals surface area contributed by atoms with Crippen LogP contribution in [0.15, 0.2) is 18.2 Å². The van der Waals surface area contributed by atoms with Gasteiger partial charge >= 0.3 is 0 Å². The second kappa shape index (κ2) is 5.96. The van der Waals surface area contributed by atoms with Crippen molar-refractivity contribution in [2.45, 2.75) is 32.2 Å². The van der Waals surface area contributed by atoms with Crippen molar-refractivity contribution in [1.29, 1.82) is 0 Å². The van der Waals surface area contributed by atoms with Gasteiger partial charge in [-0.25, -0.2) is 9.97 Å². The summed E-state index contributed by atoms with van der Waals surface area (Å²) in [5.74, 6) is 1.71. The summed E-state index contributed by atoms with van der Waals surface area (Å²) in [5.41, 5.74) is 2.01. The molecule has 3 heterocycles. The number of ether oxygens (including phenoxy) is 1. The third kappa shape index (κ3) is 2.74. The van der Waals surface area contributed by atoms with Gasteiger partial charge in [-0.05, 0) is 38.4 Å². The second-order valence-corrected chi connectivity index (χ2v) is 6.62. The fraction of sp³-hybridized carbons (Fsp3) is 0.556. The number of nitrogens with zero attached hydrogens (tertiary/aromatic N) is 4. The van der Waals surface area contributed by atoms with Crippen molar-refractivity contribution >= 4 is 16.9 Å². The zero-order chi connectivity index (χ0) is 15.8. The number of aryl methyl sites for hydroxylation is 1. The quantitative estimate of drug-likeness (QED) is 0.852. The second-order valence-electron chi connectivity index (χ2n) is 6.62. The van der Waals surface area contributed by atoms with E-state index in [4.69, 9.17) is 14.7 Å². The number of fused-ring (bicyclic) bond motifs is 2. The van der Waals surface area contributed by atoms with Gasteiger partial charge < -0.3 is 9.64 Å². The SMILES string of the molecule is COc1ccc2c(C)nc(N3CCN4CCCCC4C3)nc2c1. The van der Waals surface area contributed by atoms with E-state index in [2.05, 4.69) is 16.7 Å². The molecule has 2 saturated heterocycles. The fourth-order valence-corrected chi connectivity index (χ4v) is 3.86. The molecule has 0 radical (unpaired) electrons.